The van der Waals surface area contributed by atoms with Gasteiger partial charge in [0.25, 0.3) is 0 Å². The number of rotatable bonds is 4. The number of para-hydroxylation sites is 5. The summed E-state index contributed by atoms with van der Waals surface area (Å²) in [5.74, 6) is 1.22. The molecule has 0 saturated carbocycles. The van der Waals surface area contributed by atoms with E-state index in [4.69, 9.17) is 18.8 Å². The molecule has 0 radical (unpaired) electrons. The summed E-state index contributed by atoms with van der Waals surface area (Å²) in [5.41, 5.74) is 10.7. The van der Waals surface area contributed by atoms with E-state index in [1.165, 1.54) is 0 Å². The molecule has 0 fully saturated rings. The van der Waals surface area contributed by atoms with Gasteiger partial charge in [-0.25, -0.2) is 9.97 Å². The van der Waals surface area contributed by atoms with Crippen molar-refractivity contribution in [3.63, 3.8) is 0 Å². The summed E-state index contributed by atoms with van der Waals surface area (Å²) in [5, 5.41) is 0. The Morgan fingerprint density at radius 2 is 0.977 bits per heavy atom. The largest absolute Gasteiger partial charge is 0.436 e. The number of anilines is 3. The van der Waals surface area contributed by atoms with Crippen LogP contribution in [0.5, 0.6) is 0 Å². The highest BCUT2D eigenvalue weighted by molar-refractivity contribution is 7.99. The van der Waals surface area contributed by atoms with Gasteiger partial charge in [0.05, 0.1) is 17.1 Å². The number of fused-ring (bicyclic) bond motifs is 4. The van der Waals surface area contributed by atoms with Gasteiger partial charge in [-0.15, -0.1) is 0 Å². The van der Waals surface area contributed by atoms with Crippen LogP contribution in [0, 0.1) is 0 Å². The van der Waals surface area contributed by atoms with Crippen molar-refractivity contribution < 1.29 is 8.83 Å². The second-order valence-corrected chi connectivity index (χ2v) is 11.7. The molecule has 2 aromatic heterocycles. The molecule has 208 valence electrons. The monoisotopic (exact) mass is 585 g/mol. The van der Waals surface area contributed by atoms with Crippen molar-refractivity contribution >= 4 is 51.0 Å². The van der Waals surface area contributed by atoms with Gasteiger partial charge in [-0.2, -0.15) is 0 Å². The summed E-state index contributed by atoms with van der Waals surface area (Å²) in [4.78, 5) is 14.1. The molecule has 0 unspecified atom stereocenters. The van der Waals surface area contributed by atoms with Gasteiger partial charge in [0.15, 0.2) is 11.2 Å². The van der Waals surface area contributed by atoms with Crippen molar-refractivity contribution in [2.45, 2.75) is 9.79 Å². The van der Waals surface area contributed by atoms with E-state index in [0.29, 0.717) is 11.8 Å². The van der Waals surface area contributed by atoms with Gasteiger partial charge >= 0.3 is 0 Å². The molecule has 6 aromatic carbocycles. The fourth-order valence-corrected chi connectivity index (χ4v) is 6.99. The molecule has 3 heterocycles. The fraction of sp³-hybridized carbons (Fsp3) is 0. The number of aromatic nitrogens is 2. The maximum Gasteiger partial charge on any atom is 0.227 e. The lowest BCUT2D eigenvalue weighted by Crippen LogP contribution is -2.16. The van der Waals surface area contributed by atoms with Crippen LogP contribution in [0.3, 0.4) is 0 Å². The Kier molecular flexibility index (Phi) is 5.67. The van der Waals surface area contributed by atoms with E-state index in [-0.39, 0.29) is 0 Å². The standard InChI is InChI=1S/C38H23N3O2S/c1-2-10-24(11-3-1)27-12-4-7-15-30(27)41-31-20-18-25(37-39-28-13-5-8-16-33(28)42-37)22-35(31)44-36-23-26(19-21-32(36)41)38-40-29-14-6-9-17-34(29)43-38/h1-23H. The number of benzene rings is 6. The lowest BCUT2D eigenvalue weighted by Gasteiger charge is -2.34. The molecule has 0 aliphatic carbocycles. The van der Waals surface area contributed by atoms with Crippen LogP contribution in [0.25, 0.3) is 56.2 Å². The van der Waals surface area contributed by atoms with Crippen LogP contribution in [0.4, 0.5) is 17.1 Å². The summed E-state index contributed by atoms with van der Waals surface area (Å²) in [6.45, 7) is 0. The highest BCUT2D eigenvalue weighted by Crippen LogP contribution is 2.54. The topological polar surface area (TPSA) is 55.3 Å². The van der Waals surface area contributed by atoms with Crippen molar-refractivity contribution in [1.82, 2.24) is 9.97 Å². The molecule has 5 nitrogen and oxygen atoms in total. The minimum absolute atomic E-state index is 0.608. The molecule has 0 N–H and O–H groups in total. The van der Waals surface area contributed by atoms with E-state index in [2.05, 4.69) is 95.9 Å². The average molecular weight is 586 g/mol. The van der Waals surface area contributed by atoms with E-state index < -0.39 is 0 Å². The first-order valence-electron chi connectivity index (χ1n) is 14.4. The third-order valence-corrected chi connectivity index (χ3v) is 9.03. The van der Waals surface area contributed by atoms with Crippen molar-refractivity contribution in [1.29, 1.82) is 0 Å². The van der Waals surface area contributed by atoms with Gasteiger partial charge in [0.2, 0.25) is 11.8 Å². The third-order valence-electron chi connectivity index (χ3n) is 7.93. The zero-order chi connectivity index (χ0) is 29.0. The van der Waals surface area contributed by atoms with Gasteiger partial charge in [-0.1, -0.05) is 84.6 Å². The highest BCUT2D eigenvalue weighted by Gasteiger charge is 2.28. The number of hydrogen-bond acceptors (Lipinski definition) is 6. The zero-order valence-corrected chi connectivity index (χ0v) is 24.2. The Labute approximate surface area is 257 Å². The molecular weight excluding hydrogens is 563 g/mol. The van der Waals surface area contributed by atoms with Crippen LogP contribution >= 0.6 is 11.8 Å². The molecule has 0 atom stereocenters. The Morgan fingerprint density at radius 1 is 0.455 bits per heavy atom. The first-order chi connectivity index (χ1) is 21.8. The maximum atomic E-state index is 6.15. The predicted molar refractivity (Wildman–Crippen MR) is 177 cm³/mol. The van der Waals surface area contributed by atoms with Crippen molar-refractivity contribution in [3.05, 3.63) is 140 Å². The maximum absolute atomic E-state index is 6.15. The molecular formula is C38H23N3O2S. The first kappa shape index (κ1) is 25.0. The van der Waals surface area contributed by atoms with E-state index in [9.17, 15) is 0 Å². The van der Waals surface area contributed by atoms with Gasteiger partial charge in [0, 0.05) is 26.5 Å². The molecule has 6 heteroatoms. The van der Waals surface area contributed by atoms with Crippen LogP contribution < -0.4 is 4.90 Å². The Hall–Kier alpha value is -5.59. The normalized spacial score (nSPS) is 12.4. The van der Waals surface area contributed by atoms with Crippen molar-refractivity contribution in [2.75, 3.05) is 4.90 Å². The smallest absolute Gasteiger partial charge is 0.227 e. The minimum atomic E-state index is 0.608. The predicted octanol–water partition coefficient (Wildman–Crippen LogP) is 10.9. The average Bonchev–Trinajstić information content (AvgIpc) is 3.72. The van der Waals surface area contributed by atoms with E-state index in [1.807, 2.05) is 48.5 Å². The molecule has 1 aliphatic heterocycles. The molecule has 9 rings (SSSR count). The SMILES string of the molecule is c1ccc(-c2ccccc2N2c3ccc(-c4nc5ccccc5o4)cc3Sc3cc(-c4nc5ccccc5o4)ccc32)cc1. The Balaban J connectivity index is 1.23. The van der Waals surface area contributed by atoms with E-state index >= 15 is 0 Å². The minimum Gasteiger partial charge on any atom is -0.436 e. The molecule has 44 heavy (non-hydrogen) atoms. The van der Waals surface area contributed by atoms with Crippen LogP contribution in [0.1, 0.15) is 0 Å². The zero-order valence-electron chi connectivity index (χ0n) is 23.3. The third kappa shape index (κ3) is 4.11. The van der Waals surface area contributed by atoms with Crippen molar-refractivity contribution in [3.8, 4) is 34.0 Å². The molecule has 0 amide bonds. The Morgan fingerprint density at radius 3 is 1.57 bits per heavy atom. The van der Waals surface area contributed by atoms with E-state index in [0.717, 1.165) is 71.3 Å². The van der Waals surface area contributed by atoms with Gasteiger partial charge < -0.3 is 13.7 Å². The number of hydrogen-bond donors (Lipinski definition) is 0. The highest BCUT2D eigenvalue weighted by atomic mass is 32.2. The van der Waals surface area contributed by atoms with Gasteiger partial charge in [0.1, 0.15) is 11.0 Å². The van der Waals surface area contributed by atoms with Gasteiger partial charge in [-0.05, 0) is 72.3 Å². The Bertz CT molecular complexity index is 2150. The summed E-state index contributed by atoms with van der Waals surface area (Å²) >= 11 is 1.73. The molecule has 1 aliphatic rings. The summed E-state index contributed by atoms with van der Waals surface area (Å²) in [7, 11) is 0. The van der Waals surface area contributed by atoms with Gasteiger partial charge in [-0.3, -0.25) is 0 Å². The summed E-state index contributed by atoms with van der Waals surface area (Å²) in [6, 6.07) is 47.7. The number of oxazole rings is 2. The second-order valence-electron chi connectivity index (χ2n) is 10.7. The molecule has 0 saturated heterocycles. The van der Waals surface area contributed by atoms with Crippen LogP contribution in [-0.2, 0) is 0 Å². The quantitative estimate of drug-likeness (QED) is 0.205. The molecule has 0 bridgehead atoms. The fourth-order valence-electron chi connectivity index (χ4n) is 5.86. The van der Waals surface area contributed by atoms with Crippen LogP contribution in [0.15, 0.2) is 158 Å². The molecule has 0 spiro atoms. The lowest BCUT2D eigenvalue weighted by atomic mass is 10.0. The molecule has 8 aromatic rings. The second kappa shape index (κ2) is 10.0. The summed E-state index contributed by atoms with van der Waals surface area (Å²) < 4.78 is 12.3. The van der Waals surface area contributed by atoms with Crippen LogP contribution in [-0.4, -0.2) is 9.97 Å². The number of nitrogens with zero attached hydrogens (tertiary/aromatic N) is 3. The summed E-state index contributed by atoms with van der Waals surface area (Å²) in [6.07, 6.45) is 0. The van der Waals surface area contributed by atoms with Crippen molar-refractivity contribution in [2.24, 2.45) is 0 Å². The lowest BCUT2D eigenvalue weighted by molar-refractivity contribution is 0.619. The van der Waals surface area contributed by atoms with E-state index in [1.54, 1.807) is 11.8 Å². The first-order valence-corrected chi connectivity index (χ1v) is 15.2. The van der Waals surface area contributed by atoms with Crippen LogP contribution in [0.2, 0.25) is 0 Å².